The first kappa shape index (κ1) is 19.5. The van der Waals surface area contributed by atoms with Gasteiger partial charge in [0.05, 0.1) is 0 Å². The van der Waals surface area contributed by atoms with E-state index in [4.69, 9.17) is 0 Å². The summed E-state index contributed by atoms with van der Waals surface area (Å²) >= 11 is 0. The van der Waals surface area contributed by atoms with Crippen molar-refractivity contribution in [1.29, 1.82) is 0 Å². The molecule has 6 nitrogen and oxygen atoms in total. The number of piperidine rings is 1. The average molecular weight is 373 g/mol. The summed E-state index contributed by atoms with van der Waals surface area (Å²) in [7, 11) is 0. The number of anilines is 2. The molecule has 0 aromatic heterocycles. The number of urea groups is 1. The number of nitrogens with zero attached hydrogens (tertiary/aromatic N) is 1. The zero-order chi connectivity index (χ0) is 19.1. The predicted molar refractivity (Wildman–Crippen MR) is 109 cm³/mol. The number of hydrogen-bond donors (Lipinski definition) is 3. The molecule has 1 saturated carbocycles. The molecule has 1 aromatic carbocycles. The third-order valence-corrected chi connectivity index (χ3v) is 5.65. The van der Waals surface area contributed by atoms with Crippen molar-refractivity contribution in [2.45, 2.75) is 57.9 Å². The lowest BCUT2D eigenvalue weighted by molar-refractivity contribution is -0.125. The van der Waals surface area contributed by atoms with Crippen LogP contribution in [0, 0.1) is 5.92 Å². The second-order valence-corrected chi connectivity index (χ2v) is 7.64. The van der Waals surface area contributed by atoms with Crippen molar-refractivity contribution >= 4 is 23.3 Å². The molecule has 3 N–H and O–H groups in total. The topological polar surface area (TPSA) is 73.5 Å². The van der Waals surface area contributed by atoms with E-state index in [1.54, 1.807) is 0 Å². The van der Waals surface area contributed by atoms with Crippen LogP contribution in [0.15, 0.2) is 24.3 Å². The first-order valence-corrected chi connectivity index (χ1v) is 10.4. The molecule has 0 atom stereocenters. The van der Waals surface area contributed by atoms with E-state index in [9.17, 15) is 9.59 Å². The fraction of sp³-hybridized carbons (Fsp3) is 0.619. The summed E-state index contributed by atoms with van der Waals surface area (Å²) in [4.78, 5) is 26.4. The van der Waals surface area contributed by atoms with Crippen molar-refractivity contribution in [2.24, 2.45) is 5.92 Å². The molecule has 148 valence electrons. The maximum Gasteiger partial charge on any atom is 0.319 e. The Morgan fingerprint density at radius 2 is 1.67 bits per heavy atom. The fourth-order valence-corrected chi connectivity index (χ4v) is 4.07. The maximum atomic E-state index is 12.1. The summed E-state index contributed by atoms with van der Waals surface area (Å²) in [6.45, 7) is 4.42. The van der Waals surface area contributed by atoms with Gasteiger partial charge in [-0.3, -0.25) is 4.79 Å². The first-order chi connectivity index (χ1) is 13.2. The van der Waals surface area contributed by atoms with Crippen LogP contribution < -0.4 is 20.9 Å². The highest BCUT2D eigenvalue weighted by molar-refractivity contribution is 5.89. The van der Waals surface area contributed by atoms with Gasteiger partial charge in [0.2, 0.25) is 5.91 Å². The van der Waals surface area contributed by atoms with Crippen molar-refractivity contribution in [1.82, 2.24) is 10.6 Å². The van der Waals surface area contributed by atoms with Gasteiger partial charge in [-0.05, 0) is 56.9 Å². The van der Waals surface area contributed by atoms with Crippen LogP contribution in [-0.4, -0.2) is 37.6 Å². The van der Waals surface area contributed by atoms with Gasteiger partial charge in [-0.2, -0.15) is 0 Å². The molecule has 0 spiro atoms. The number of nitrogens with one attached hydrogen (secondary N) is 3. The Kier molecular flexibility index (Phi) is 6.96. The highest BCUT2D eigenvalue weighted by Crippen LogP contribution is 2.25. The van der Waals surface area contributed by atoms with Crippen molar-refractivity contribution in [3.63, 3.8) is 0 Å². The average Bonchev–Trinajstić information content (AvgIpc) is 2.69. The molecule has 6 heteroatoms. The highest BCUT2D eigenvalue weighted by Gasteiger charge is 2.24. The molecular weight excluding hydrogens is 340 g/mol. The molecule has 0 radical (unpaired) electrons. The molecule has 1 aromatic rings. The normalized spacial score (nSPS) is 18.8. The van der Waals surface area contributed by atoms with Gasteiger partial charge in [0, 0.05) is 43.0 Å². The number of hydrogen-bond acceptors (Lipinski definition) is 3. The Morgan fingerprint density at radius 1 is 1.00 bits per heavy atom. The van der Waals surface area contributed by atoms with Crippen LogP contribution in [-0.2, 0) is 4.79 Å². The summed E-state index contributed by atoms with van der Waals surface area (Å²) in [6.07, 6.45) is 7.62. The lowest BCUT2D eigenvalue weighted by Crippen LogP contribution is -2.40. The molecule has 0 bridgehead atoms. The lowest BCUT2D eigenvalue weighted by atomic mass is 9.95. The molecule has 1 aliphatic carbocycles. The number of carbonyl (C=O) groups excluding carboxylic acids is 2. The lowest BCUT2D eigenvalue weighted by Gasteiger charge is -2.33. The Bertz CT molecular complexity index is 618. The minimum Gasteiger partial charge on any atom is -0.371 e. The van der Waals surface area contributed by atoms with E-state index in [0.717, 1.165) is 50.1 Å². The largest absolute Gasteiger partial charge is 0.371 e. The van der Waals surface area contributed by atoms with Gasteiger partial charge in [-0.25, -0.2) is 4.79 Å². The fourth-order valence-electron chi connectivity index (χ4n) is 4.07. The van der Waals surface area contributed by atoms with E-state index in [1.165, 1.54) is 19.3 Å². The zero-order valence-corrected chi connectivity index (χ0v) is 16.3. The Labute approximate surface area is 162 Å². The van der Waals surface area contributed by atoms with Crippen LogP contribution in [0.2, 0.25) is 0 Å². The number of benzene rings is 1. The van der Waals surface area contributed by atoms with E-state index in [2.05, 4.69) is 20.9 Å². The van der Waals surface area contributed by atoms with Gasteiger partial charge >= 0.3 is 6.03 Å². The van der Waals surface area contributed by atoms with Crippen molar-refractivity contribution in [2.75, 3.05) is 29.9 Å². The van der Waals surface area contributed by atoms with Gasteiger partial charge in [0.25, 0.3) is 0 Å². The van der Waals surface area contributed by atoms with Gasteiger partial charge < -0.3 is 20.9 Å². The molecule has 1 saturated heterocycles. The van der Waals surface area contributed by atoms with E-state index >= 15 is 0 Å². The third-order valence-electron chi connectivity index (χ3n) is 5.65. The summed E-state index contributed by atoms with van der Waals surface area (Å²) in [5.41, 5.74) is 1.95. The van der Waals surface area contributed by atoms with Gasteiger partial charge in [0.15, 0.2) is 0 Å². The summed E-state index contributed by atoms with van der Waals surface area (Å²) in [6, 6.07) is 8.18. The van der Waals surface area contributed by atoms with E-state index in [1.807, 2.05) is 31.2 Å². The maximum absolute atomic E-state index is 12.1. The van der Waals surface area contributed by atoms with Crippen LogP contribution in [0.5, 0.6) is 0 Å². The monoisotopic (exact) mass is 372 g/mol. The number of amides is 3. The molecule has 3 amide bonds. The molecule has 27 heavy (non-hydrogen) atoms. The Hall–Kier alpha value is -2.24. The minimum atomic E-state index is -0.114. The molecule has 0 unspecified atom stereocenters. The summed E-state index contributed by atoms with van der Waals surface area (Å²) < 4.78 is 0. The molecule has 1 aliphatic heterocycles. The van der Waals surface area contributed by atoms with Crippen LogP contribution in [0.3, 0.4) is 0 Å². The Morgan fingerprint density at radius 3 is 2.30 bits per heavy atom. The van der Waals surface area contributed by atoms with Crippen molar-refractivity contribution in [3.8, 4) is 0 Å². The first-order valence-electron chi connectivity index (χ1n) is 10.4. The highest BCUT2D eigenvalue weighted by atomic mass is 16.2. The SMILES string of the molecule is CCNC(=O)C1CCN(c2ccc(NC(=O)NC3CCCCC3)cc2)CC1. The zero-order valence-electron chi connectivity index (χ0n) is 16.3. The van der Waals surface area contributed by atoms with E-state index < -0.39 is 0 Å². The second kappa shape index (κ2) is 9.62. The summed E-state index contributed by atoms with van der Waals surface area (Å²) in [5.74, 6) is 0.311. The predicted octanol–water partition coefficient (Wildman–Crippen LogP) is 3.49. The number of carbonyl (C=O) groups is 2. The number of rotatable bonds is 5. The van der Waals surface area contributed by atoms with Crippen LogP contribution in [0.25, 0.3) is 0 Å². The quantitative estimate of drug-likeness (QED) is 0.741. The molecule has 2 fully saturated rings. The van der Waals surface area contributed by atoms with Gasteiger partial charge in [-0.1, -0.05) is 19.3 Å². The minimum absolute atomic E-state index is 0.114. The second-order valence-electron chi connectivity index (χ2n) is 7.64. The standard InChI is InChI=1S/C21H32N4O2/c1-2-22-20(26)16-12-14-25(15-13-16)19-10-8-18(9-11-19)24-21(27)23-17-6-4-3-5-7-17/h8-11,16-17H,2-7,12-15H2,1H3,(H,22,26)(H2,23,24,27). The van der Waals surface area contributed by atoms with Crippen LogP contribution >= 0.6 is 0 Å². The Balaban J connectivity index is 1.46. The molecular formula is C21H32N4O2. The van der Waals surface area contributed by atoms with Crippen molar-refractivity contribution < 1.29 is 9.59 Å². The van der Waals surface area contributed by atoms with Gasteiger partial charge in [0.1, 0.15) is 0 Å². The van der Waals surface area contributed by atoms with E-state index in [-0.39, 0.29) is 17.9 Å². The van der Waals surface area contributed by atoms with Crippen LogP contribution in [0.1, 0.15) is 51.9 Å². The molecule has 3 rings (SSSR count). The smallest absolute Gasteiger partial charge is 0.319 e. The van der Waals surface area contributed by atoms with Gasteiger partial charge in [-0.15, -0.1) is 0 Å². The molecule has 2 aliphatic rings. The van der Waals surface area contributed by atoms with Crippen molar-refractivity contribution in [3.05, 3.63) is 24.3 Å². The van der Waals surface area contributed by atoms with E-state index in [0.29, 0.717) is 12.6 Å². The third kappa shape index (κ3) is 5.62. The van der Waals surface area contributed by atoms with Crippen LogP contribution in [0.4, 0.5) is 16.2 Å². The molecule has 1 heterocycles. The summed E-state index contributed by atoms with van der Waals surface area (Å²) in [5, 5.41) is 8.93.